The zero-order chi connectivity index (χ0) is 14.2. The summed E-state index contributed by atoms with van der Waals surface area (Å²) in [4.78, 5) is 1.34. The molecule has 0 spiro atoms. The predicted molar refractivity (Wildman–Crippen MR) is 92.5 cm³/mol. The van der Waals surface area contributed by atoms with E-state index in [1.807, 2.05) is 11.8 Å². The van der Waals surface area contributed by atoms with Gasteiger partial charge in [0.2, 0.25) is 0 Å². The molecule has 0 heterocycles. The molecule has 0 bridgehead atoms. The molecule has 0 aromatic heterocycles. The third-order valence-electron chi connectivity index (χ3n) is 3.06. The molecule has 2 aromatic rings. The Hall–Kier alpha value is -0.770. The van der Waals surface area contributed by atoms with Crippen molar-refractivity contribution in [1.29, 1.82) is 0 Å². The van der Waals surface area contributed by atoms with E-state index in [0.29, 0.717) is 6.04 Å². The normalized spacial score (nSPS) is 12.3. The van der Waals surface area contributed by atoms with Crippen molar-refractivity contribution in [2.45, 2.75) is 24.3 Å². The molecule has 0 fully saturated rings. The van der Waals surface area contributed by atoms with Crippen molar-refractivity contribution in [3.05, 3.63) is 64.6 Å². The lowest BCUT2D eigenvalue weighted by Crippen LogP contribution is -2.30. The average Bonchev–Trinajstić information content (AvgIpc) is 2.47. The summed E-state index contributed by atoms with van der Waals surface area (Å²) in [5.41, 5.74) is 1.38. The molecule has 0 saturated carbocycles. The molecule has 1 nitrogen and oxygen atoms in total. The fraction of sp³-hybridized carbons (Fsp3) is 0.294. The molecule has 0 aliphatic rings. The zero-order valence-electron chi connectivity index (χ0n) is 11.7. The van der Waals surface area contributed by atoms with Gasteiger partial charge in [-0.15, -0.1) is 11.8 Å². The number of nitrogens with one attached hydrogen (secondary N) is 1. The second-order valence-corrected chi connectivity index (χ2v) is 6.93. The summed E-state index contributed by atoms with van der Waals surface area (Å²) in [5.74, 6) is 1.11. The van der Waals surface area contributed by atoms with Crippen LogP contribution < -0.4 is 5.32 Å². The molecular weight excluding hydrogens is 330 g/mol. The van der Waals surface area contributed by atoms with Gasteiger partial charge in [0.05, 0.1) is 0 Å². The number of rotatable bonds is 7. The van der Waals surface area contributed by atoms with Gasteiger partial charge in [-0.25, -0.2) is 0 Å². The highest BCUT2D eigenvalue weighted by Gasteiger charge is 2.03. The summed E-state index contributed by atoms with van der Waals surface area (Å²) in [5, 5.41) is 3.58. The zero-order valence-corrected chi connectivity index (χ0v) is 14.1. The molecule has 0 aliphatic heterocycles. The highest BCUT2D eigenvalue weighted by Crippen LogP contribution is 2.16. The topological polar surface area (TPSA) is 12.0 Å². The van der Waals surface area contributed by atoms with Gasteiger partial charge < -0.3 is 5.32 Å². The Morgan fingerprint density at radius 2 is 1.75 bits per heavy atom. The standard InChI is InChI=1S/C17H20BrNS/c1-14(13-15-7-9-16(18)10-8-15)19-11-12-20-17-5-3-2-4-6-17/h2-10,14,19H,11-13H2,1H3. The number of hydrogen-bond donors (Lipinski definition) is 1. The van der Waals surface area contributed by atoms with Crippen molar-refractivity contribution >= 4 is 27.7 Å². The van der Waals surface area contributed by atoms with Crippen LogP contribution in [0.3, 0.4) is 0 Å². The van der Waals surface area contributed by atoms with Crippen molar-refractivity contribution in [3.63, 3.8) is 0 Å². The van der Waals surface area contributed by atoms with Crippen LogP contribution in [0, 0.1) is 0 Å². The third-order valence-corrected chi connectivity index (χ3v) is 4.60. The summed E-state index contributed by atoms with van der Waals surface area (Å²) in [6, 6.07) is 19.6. The van der Waals surface area contributed by atoms with Crippen LogP contribution in [-0.4, -0.2) is 18.3 Å². The summed E-state index contributed by atoms with van der Waals surface area (Å²) in [7, 11) is 0. The maximum Gasteiger partial charge on any atom is 0.0175 e. The number of thioether (sulfide) groups is 1. The highest BCUT2D eigenvalue weighted by atomic mass is 79.9. The van der Waals surface area contributed by atoms with Gasteiger partial charge in [0.1, 0.15) is 0 Å². The van der Waals surface area contributed by atoms with E-state index in [-0.39, 0.29) is 0 Å². The maximum atomic E-state index is 3.58. The van der Waals surface area contributed by atoms with Crippen LogP contribution in [0.25, 0.3) is 0 Å². The van der Waals surface area contributed by atoms with Gasteiger partial charge in [0.15, 0.2) is 0 Å². The van der Waals surface area contributed by atoms with Gasteiger partial charge >= 0.3 is 0 Å². The highest BCUT2D eigenvalue weighted by molar-refractivity contribution is 9.10. The lowest BCUT2D eigenvalue weighted by atomic mass is 10.1. The molecule has 1 atom stereocenters. The molecule has 0 aliphatic carbocycles. The number of halogens is 1. The van der Waals surface area contributed by atoms with E-state index in [4.69, 9.17) is 0 Å². The first-order valence-electron chi connectivity index (χ1n) is 6.90. The predicted octanol–water partition coefficient (Wildman–Crippen LogP) is 4.76. The van der Waals surface area contributed by atoms with Gasteiger partial charge in [0, 0.05) is 27.7 Å². The molecule has 0 radical (unpaired) electrons. The average molecular weight is 350 g/mol. The smallest absolute Gasteiger partial charge is 0.0175 e. The first-order valence-corrected chi connectivity index (χ1v) is 8.67. The first kappa shape index (κ1) is 15.6. The van der Waals surface area contributed by atoms with E-state index in [1.165, 1.54) is 10.5 Å². The fourth-order valence-electron chi connectivity index (χ4n) is 2.04. The molecule has 1 unspecified atom stereocenters. The molecule has 106 valence electrons. The van der Waals surface area contributed by atoms with Crippen LogP contribution in [0.5, 0.6) is 0 Å². The van der Waals surface area contributed by atoms with E-state index in [1.54, 1.807) is 0 Å². The maximum absolute atomic E-state index is 3.58. The Kier molecular flexibility index (Phi) is 6.64. The Balaban J connectivity index is 1.65. The quantitative estimate of drug-likeness (QED) is 0.571. The molecule has 1 N–H and O–H groups in total. The van der Waals surface area contributed by atoms with Crippen LogP contribution in [0.4, 0.5) is 0 Å². The van der Waals surface area contributed by atoms with Gasteiger partial charge in [-0.1, -0.05) is 46.3 Å². The molecular formula is C17H20BrNS. The van der Waals surface area contributed by atoms with E-state index in [9.17, 15) is 0 Å². The van der Waals surface area contributed by atoms with Crippen molar-refractivity contribution in [1.82, 2.24) is 5.32 Å². The van der Waals surface area contributed by atoms with E-state index < -0.39 is 0 Å². The van der Waals surface area contributed by atoms with Gasteiger partial charge in [-0.2, -0.15) is 0 Å². The molecule has 0 saturated heterocycles. The van der Waals surface area contributed by atoms with Crippen molar-refractivity contribution in [3.8, 4) is 0 Å². The lowest BCUT2D eigenvalue weighted by molar-refractivity contribution is 0.568. The van der Waals surface area contributed by atoms with Crippen molar-refractivity contribution in [2.75, 3.05) is 12.3 Å². The molecule has 2 rings (SSSR count). The Morgan fingerprint density at radius 1 is 1.05 bits per heavy atom. The summed E-state index contributed by atoms with van der Waals surface area (Å²) in [6.45, 7) is 3.28. The molecule has 20 heavy (non-hydrogen) atoms. The van der Waals surface area contributed by atoms with Crippen molar-refractivity contribution < 1.29 is 0 Å². The Labute approximate surface area is 134 Å². The molecule has 2 aromatic carbocycles. The summed E-state index contributed by atoms with van der Waals surface area (Å²) >= 11 is 5.37. The van der Waals surface area contributed by atoms with Crippen LogP contribution in [0.2, 0.25) is 0 Å². The van der Waals surface area contributed by atoms with Crippen LogP contribution >= 0.6 is 27.7 Å². The van der Waals surface area contributed by atoms with Gasteiger partial charge in [-0.05, 0) is 43.2 Å². The second kappa shape index (κ2) is 8.50. The minimum absolute atomic E-state index is 0.507. The minimum Gasteiger partial charge on any atom is -0.313 e. The molecule has 0 amide bonds. The van der Waals surface area contributed by atoms with E-state index in [2.05, 4.69) is 82.8 Å². The monoisotopic (exact) mass is 349 g/mol. The third kappa shape index (κ3) is 5.70. The molecule has 3 heteroatoms. The van der Waals surface area contributed by atoms with Crippen LogP contribution in [0.1, 0.15) is 12.5 Å². The summed E-state index contributed by atoms with van der Waals surface area (Å²) in [6.07, 6.45) is 1.07. The van der Waals surface area contributed by atoms with Gasteiger partial charge in [0.25, 0.3) is 0 Å². The first-order chi connectivity index (χ1) is 9.74. The minimum atomic E-state index is 0.507. The Bertz CT molecular complexity index is 498. The fourth-order valence-corrected chi connectivity index (χ4v) is 3.11. The lowest BCUT2D eigenvalue weighted by Gasteiger charge is -2.13. The SMILES string of the molecule is CC(Cc1ccc(Br)cc1)NCCSc1ccccc1. The Morgan fingerprint density at radius 3 is 2.45 bits per heavy atom. The second-order valence-electron chi connectivity index (χ2n) is 4.85. The van der Waals surface area contributed by atoms with Gasteiger partial charge in [-0.3, -0.25) is 0 Å². The van der Waals surface area contributed by atoms with E-state index in [0.717, 1.165) is 23.2 Å². The van der Waals surface area contributed by atoms with Crippen LogP contribution in [0.15, 0.2) is 64.0 Å². The number of benzene rings is 2. The van der Waals surface area contributed by atoms with E-state index >= 15 is 0 Å². The van der Waals surface area contributed by atoms with Crippen molar-refractivity contribution in [2.24, 2.45) is 0 Å². The summed E-state index contributed by atoms with van der Waals surface area (Å²) < 4.78 is 1.14. The largest absolute Gasteiger partial charge is 0.313 e. The van der Waals surface area contributed by atoms with Crippen LogP contribution in [-0.2, 0) is 6.42 Å². The number of hydrogen-bond acceptors (Lipinski definition) is 2.